The lowest BCUT2D eigenvalue weighted by atomic mass is 9.97. The molecule has 0 bridgehead atoms. The molecule has 1 aromatic carbocycles. The lowest BCUT2D eigenvalue weighted by Crippen LogP contribution is -2.44. The van der Waals surface area contributed by atoms with Gasteiger partial charge in [0.15, 0.2) is 0 Å². The first-order valence-corrected chi connectivity index (χ1v) is 9.90. The molecule has 2 atom stereocenters. The molecule has 144 valence electrons. The van der Waals surface area contributed by atoms with Crippen molar-refractivity contribution in [3.8, 4) is 0 Å². The average molecular weight is 368 g/mol. The van der Waals surface area contributed by atoms with Crippen molar-refractivity contribution >= 4 is 6.03 Å². The highest BCUT2D eigenvalue weighted by molar-refractivity contribution is 5.74. The van der Waals surface area contributed by atoms with E-state index in [1.807, 2.05) is 24.3 Å². The molecule has 4 rings (SSSR count). The van der Waals surface area contributed by atoms with E-state index in [4.69, 9.17) is 4.74 Å². The first kappa shape index (κ1) is 18.0. The van der Waals surface area contributed by atoms with Crippen LogP contribution in [0.15, 0.2) is 36.7 Å². The van der Waals surface area contributed by atoms with Gasteiger partial charge in [-0.15, -0.1) is 0 Å². The van der Waals surface area contributed by atoms with Crippen molar-refractivity contribution in [3.05, 3.63) is 53.3 Å². The highest BCUT2D eigenvalue weighted by Gasteiger charge is 2.31. The van der Waals surface area contributed by atoms with Crippen LogP contribution in [-0.2, 0) is 24.6 Å². The second kappa shape index (κ2) is 8.13. The number of hydrogen-bond donors (Lipinski definition) is 1. The molecule has 0 unspecified atom stereocenters. The van der Waals surface area contributed by atoms with E-state index in [1.54, 1.807) is 4.68 Å². The first-order valence-electron chi connectivity index (χ1n) is 9.90. The fourth-order valence-electron chi connectivity index (χ4n) is 4.20. The fraction of sp³-hybridized carbons (Fsp3) is 0.524. The van der Waals surface area contributed by atoms with Gasteiger partial charge in [-0.1, -0.05) is 24.3 Å². The third kappa shape index (κ3) is 4.16. The zero-order valence-corrected chi connectivity index (χ0v) is 15.9. The summed E-state index contributed by atoms with van der Waals surface area (Å²) in [5.41, 5.74) is 3.90. The molecule has 6 heteroatoms. The Morgan fingerprint density at radius 3 is 2.85 bits per heavy atom. The Morgan fingerprint density at radius 2 is 2.07 bits per heavy atom. The molecule has 27 heavy (non-hydrogen) atoms. The van der Waals surface area contributed by atoms with E-state index in [1.165, 1.54) is 11.1 Å². The van der Waals surface area contributed by atoms with Crippen molar-refractivity contribution in [1.82, 2.24) is 20.0 Å². The number of carbonyl (C=O) groups excluding carboxylic acids is 1. The molecule has 6 nitrogen and oxygen atoms in total. The van der Waals surface area contributed by atoms with Crippen LogP contribution in [0, 0.1) is 5.92 Å². The van der Waals surface area contributed by atoms with Gasteiger partial charge in [-0.25, -0.2) is 4.79 Å². The fourth-order valence-corrected chi connectivity index (χ4v) is 4.20. The number of fused-ring (bicyclic) bond motifs is 1. The molecule has 0 aliphatic carbocycles. The number of urea groups is 1. The van der Waals surface area contributed by atoms with E-state index in [-0.39, 0.29) is 12.1 Å². The van der Waals surface area contributed by atoms with Crippen LogP contribution in [0.1, 0.15) is 35.6 Å². The Kier molecular flexibility index (Phi) is 5.43. The van der Waals surface area contributed by atoms with Crippen LogP contribution in [0.2, 0.25) is 0 Å². The summed E-state index contributed by atoms with van der Waals surface area (Å²) in [5, 5.41) is 7.40. The Morgan fingerprint density at radius 1 is 1.26 bits per heavy atom. The lowest BCUT2D eigenvalue weighted by Gasteiger charge is -2.27. The number of nitrogens with one attached hydrogen (secondary N) is 1. The predicted octanol–water partition coefficient (Wildman–Crippen LogP) is 2.70. The van der Waals surface area contributed by atoms with E-state index < -0.39 is 0 Å². The molecule has 0 saturated carbocycles. The quantitative estimate of drug-likeness (QED) is 0.906. The molecule has 1 N–H and O–H groups in total. The van der Waals surface area contributed by atoms with Gasteiger partial charge >= 0.3 is 6.03 Å². The number of aromatic nitrogens is 2. The van der Waals surface area contributed by atoms with Crippen molar-refractivity contribution in [3.63, 3.8) is 0 Å². The smallest absolute Gasteiger partial charge is 0.317 e. The summed E-state index contributed by atoms with van der Waals surface area (Å²) >= 11 is 0. The Hall–Kier alpha value is -2.34. The third-order valence-electron chi connectivity index (χ3n) is 5.71. The molecule has 2 aromatic rings. The summed E-state index contributed by atoms with van der Waals surface area (Å²) in [6.07, 6.45) is 7.83. The van der Waals surface area contributed by atoms with Gasteiger partial charge in [0.2, 0.25) is 0 Å². The first-order chi connectivity index (χ1) is 13.2. The van der Waals surface area contributed by atoms with Gasteiger partial charge in [-0.2, -0.15) is 5.10 Å². The molecule has 1 saturated heterocycles. The number of benzene rings is 1. The number of aryl methyl sites for hydroxylation is 2. The van der Waals surface area contributed by atoms with Gasteiger partial charge in [0.1, 0.15) is 0 Å². The molecule has 1 aromatic heterocycles. The Bertz CT molecular complexity index is 788. The average Bonchev–Trinajstić information content (AvgIpc) is 3.29. The van der Waals surface area contributed by atoms with E-state index in [0.717, 1.165) is 50.9 Å². The maximum absolute atomic E-state index is 12.7. The summed E-state index contributed by atoms with van der Waals surface area (Å²) in [6, 6.07) is 8.64. The predicted molar refractivity (Wildman–Crippen MR) is 103 cm³/mol. The second-order valence-corrected chi connectivity index (χ2v) is 7.58. The van der Waals surface area contributed by atoms with E-state index in [0.29, 0.717) is 12.5 Å². The van der Waals surface area contributed by atoms with Crippen LogP contribution in [0.3, 0.4) is 0 Å². The number of ether oxygens (including phenoxy) is 1. The van der Waals surface area contributed by atoms with Gasteiger partial charge in [-0.3, -0.25) is 4.68 Å². The lowest BCUT2D eigenvalue weighted by molar-refractivity contribution is 0.0904. The third-order valence-corrected chi connectivity index (χ3v) is 5.71. The largest absolute Gasteiger partial charge is 0.373 e. The van der Waals surface area contributed by atoms with Crippen molar-refractivity contribution < 1.29 is 9.53 Å². The standard InChI is InChI=1S/C21H28N4O2/c1-24-15-19(14-23-24)20-18(9-12-27-20)13-22-21(26)25-10-4-7-16-5-2-3-6-17(16)8-11-25/h2-3,5-6,14-15,18,20H,4,7-13H2,1H3,(H,22,26)/t18-,20+/m0/s1. The van der Waals surface area contributed by atoms with Crippen molar-refractivity contribution in [1.29, 1.82) is 0 Å². The summed E-state index contributed by atoms with van der Waals surface area (Å²) in [7, 11) is 1.91. The number of amides is 2. The molecular weight excluding hydrogens is 340 g/mol. The molecule has 1 fully saturated rings. The minimum Gasteiger partial charge on any atom is -0.373 e. The van der Waals surface area contributed by atoms with Crippen molar-refractivity contribution in [2.75, 3.05) is 26.2 Å². The number of carbonyl (C=O) groups is 1. The molecule has 0 radical (unpaired) electrons. The van der Waals surface area contributed by atoms with E-state index >= 15 is 0 Å². The Labute approximate surface area is 160 Å². The SMILES string of the molecule is Cn1cc([C@@H]2OCC[C@H]2CNC(=O)N2CCCc3ccccc3CC2)cn1. The number of rotatable bonds is 3. The second-order valence-electron chi connectivity index (χ2n) is 7.58. The minimum absolute atomic E-state index is 0.0261. The highest BCUT2D eigenvalue weighted by Crippen LogP contribution is 2.33. The van der Waals surface area contributed by atoms with Crippen LogP contribution < -0.4 is 5.32 Å². The van der Waals surface area contributed by atoms with E-state index in [9.17, 15) is 4.79 Å². The summed E-state index contributed by atoms with van der Waals surface area (Å²) in [5.74, 6) is 0.300. The normalized spacial score (nSPS) is 22.8. The zero-order chi connectivity index (χ0) is 18.6. The van der Waals surface area contributed by atoms with Crippen LogP contribution in [0.25, 0.3) is 0 Å². The van der Waals surface area contributed by atoms with E-state index in [2.05, 4.69) is 34.7 Å². The van der Waals surface area contributed by atoms with Crippen molar-refractivity contribution in [2.24, 2.45) is 13.0 Å². The maximum Gasteiger partial charge on any atom is 0.317 e. The molecule has 2 aliphatic rings. The molecule has 3 heterocycles. The number of hydrogen-bond acceptors (Lipinski definition) is 3. The topological polar surface area (TPSA) is 59.4 Å². The highest BCUT2D eigenvalue weighted by atomic mass is 16.5. The van der Waals surface area contributed by atoms with Crippen LogP contribution in [0.5, 0.6) is 0 Å². The molecule has 2 aliphatic heterocycles. The molecular formula is C21H28N4O2. The zero-order valence-electron chi connectivity index (χ0n) is 15.9. The van der Waals surface area contributed by atoms with Crippen LogP contribution >= 0.6 is 0 Å². The van der Waals surface area contributed by atoms with Gasteiger partial charge in [-0.05, 0) is 36.8 Å². The summed E-state index contributed by atoms with van der Waals surface area (Å²) in [4.78, 5) is 14.7. The number of nitrogens with zero attached hydrogens (tertiary/aromatic N) is 3. The van der Waals surface area contributed by atoms with Gasteiger partial charge in [0.05, 0.1) is 12.3 Å². The van der Waals surface area contributed by atoms with Gasteiger partial charge in [0, 0.05) is 51.0 Å². The summed E-state index contributed by atoms with van der Waals surface area (Å²) < 4.78 is 7.70. The molecule has 0 spiro atoms. The monoisotopic (exact) mass is 368 g/mol. The minimum atomic E-state index is 0.0261. The van der Waals surface area contributed by atoms with Crippen LogP contribution in [0.4, 0.5) is 4.79 Å². The van der Waals surface area contributed by atoms with Gasteiger partial charge in [0.25, 0.3) is 0 Å². The van der Waals surface area contributed by atoms with Crippen molar-refractivity contribution in [2.45, 2.75) is 31.8 Å². The van der Waals surface area contributed by atoms with Gasteiger partial charge < -0.3 is 15.0 Å². The maximum atomic E-state index is 12.7. The summed E-state index contributed by atoms with van der Waals surface area (Å²) in [6.45, 7) is 2.97. The molecule has 2 amide bonds. The van der Waals surface area contributed by atoms with Crippen LogP contribution in [-0.4, -0.2) is 47.0 Å². The Balaban J connectivity index is 1.32.